The molecule has 8 nitrogen and oxygen atoms in total. The van der Waals surface area contributed by atoms with Gasteiger partial charge in [-0.3, -0.25) is 4.79 Å². The number of halogens is 1. The van der Waals surface area contributed by atoms with Crippen LogP contribution in [0.2, 0.25) is 5.02 Å². The van der Waals surface area contributed by atoms with Crippen LogP contribution in [0.15, 0.2) is 36.7 Å². The van der Waals surface area contributed by atoms with Crippen LogP contribution in [-0.4, -0.2) is 52.7 Å². The molecule has 3 aromatic rings. The number of hydrogen-bond acceptors (Lipinski definition) is 7. The number of rotatable bonds is 9. The van der Waals surface area contributed by atoms with Gasteiger partial charge >= 0.3 is 0 Å². The van der Waals surface area contributed by atoms with Crippen LogP contribution in [0.1, 0.15) is 56.1 Å². The van der Waals surface area contributed by atoms with E-state index in [0.717, 1.165) is 58.7 Å². The molecule has 0 spiro atoms. The van der Waals surface area contributed by atoms with E-state index in [4.69, 9.17) is 21.3 Å². The van der Waals surface area contributed by atoms with E-state index in [9.17, 15) is 4.79 Å². The van der Waals surface area contributed by atoms with E-state index < -0.39 is 0 Å². The standard InChI is InChI=1S/C28H35ClN6O2/c1-17-3-6-20-7-10-24(35-26(20)25(17)29)33-22-8-4-19(5-9-22)11-12-30-28-31-13-21(14-32-28)18(2)27(36)34-23-15-37-16-23/h3,6-7,10,13-14,18-19,22-23H,4-5,8-9,11-12,15-16H2,1-2H3,(H,33,35)(H,34,36)(H,30,31,32)/t18-,19?,22?/m1/s1. The van der Waals surface area contributed by atoms with Gasteiger partial charge in [-0.1, -0.05) is 23.7 Å². The van der Waals surface area contributed by atoms with Crippen LogP contribution in [-0.2, 0) is 9.53 Å². The molecule has 1 saturated heterocycles. The Kier molecular flexibility index (Phi) is 8.05. The molecule has 1 amide bonds. The van der Waals surface area contributed by atoms with E-state index >= 15 is 0 Å². The number of benzene rings is 1. The van der Waals surface area contributed by atoms with Gasteiger partial charge in [-0.25, -0.2) is 15.0 Å². The molecular formula is C28H35ClN6O2. The fourth-order valence-electron chi connectivity index (χ4n) is 4.98. The summed E-state index contributed by atoms with van der Waals surface area (Å²) in [4.78, 5) is 25.9. The lowest BCUT2D eigenvalue weighted by molar-refractivity contribution is -0.126. The summed E-state index contributed by atoms with van der Waals surface area (Å²) < 4.78 is 5.11. The van der Waals surface area contributed by atoms with Crippen LogP contribution < -0.4 is 16.0 Å². The summed E-state index contributed by atoms with van der Waals surface area (Å²) in [6, 6.07) is 8.79. The third-order valence-electron chi connectivity index (χ3n) is 7.58. The second-order valence-electron chi connectivity index (χ2n) is 10.3. The molecule has 2 fully saturated rings. The molecule has 1 aromatic carbocycles. The van der Waals surface area contributed by atoms with Gasteiger partial charge in [-0.2, -0.15) is 0 Å². The van der Waals surface area contributed by atoms with E-state index in [1.807, 2.05) is 26.0 Å². The summed E-state index contributed by atoms with van der Waals surface area (Å²) >= 11 is 6.48. The number of aryl methyl sites for hydroxylation is 1. The third kappa shape index (κ3) is 6.30. The maximum absolute atomic E-state index is 12.3. The number of ether oxygens (including phenoxy) is 1. The van der Waals surface area contributed by atoms with Gasteiger partial charge in [0.05, 0.1) is 35.7 Å². The third-order valence-corrected chi connectivity index (χ3v) is 8.05. The zero-order valence-corrected chi connectivity index (χ0v) is 22.2. The van der Waals surface area contributed by atoms with E-state index in [2.05, 4.69) is 38.1 Å². The van der Waals surface area contributed by atoms with Gasteiger partial charge in [0.1, 0.15) is 5.82 Å². The van der Waals surface area contributed by atoms with Crippen molar-refractivity contribution in [3.8, 4) is 0 Å². The first kappa shape index (κ1) is 25.7. The monoisotopic (exact) mass is 522 g/mol. The largest absolute Gasteiger partial charge is 0.377 e. The van der Waals surface area contributed by atoms with Crippen molar-refractivity contribution in [1.29, 1.82) is 0 Å². The zero-order chi connectivity index (χ0) is 25.8. The van der Waals surface area contributed by atoms with Gasteiger partial charge in [0.15, 0.2) is 0 Å². The Bertz CT molecular complexity index is 1230. The molecule has 1 aliphatic carbocycles. The molecule has 0 radical (unpaired) electrons. The van der Waals surface area contributed by atoms with Crippen LogP contribution >= 0.6 is 11.6 Å². The molecule has 5 rings (SSSR count). The lowest BCUT2D eigenvalue weighted by Crippen LogP contribution is -2.49. The number of carbonyl (C=O) groups is 1. The first-order chi connectivity index (χ1) is 18.0. The number of carbonyl (C=O) groups excluding carboxylic acids is 1. The lowest BCUT2D eigenvalue weighted by Gasteiger charge is -2.29. The minimum Gasteiger partial charge on any atom is -0.377 e. The average molecular weight is 523 g/mol. The summed E-state index contributed by atoms with van der Waals surface area (Å²) in [6.07, 6.45) is 9.19. The average Bonchev–Trinajstić information content (AvgIpc) is 2.89. The van der Waals surface area contributed by atoms with Crippen molar-refractivity contribution in [2.24, 2.45) is 5.92 Å². The van der Waals surface area contributed by atoms with Crippen molar-refractivity contribution in [3.63, 3.8) is 0 Å². The molecule has 1 atom stereocenters. The second-order valence-corrected chi connectivity index (χ2v) is 10.7. The predicted molar refractivity (Wildman–Crippen MR) is 147 cm³/mol. The van der Waals surface area contributed by atoms with Gasteiger partial charge in [-0.15, -0.1) is 0 Å². The summed E-state index contributed by atoms with van der Waals surface area (Å²) in [7, 11) is 0. The van der Waals surface area contributed by atoms with Gasteiger partial charge in [0.25, 0.3) is 0 Å². The molecule has 2 aromatic heterocycles. The summed E-state index contributed by atoms with van der Waals surface area (Å²) in [5.74, 6) is 1.89. The smallest absolute Gasteiger partial charge is 0.227 e. The highest BCUT2D eigenvalue weighted by atomic mass is 35.5. The highest BCUT2D eigenvalue weighted by Gasteiger charge is 2.24. The quantitative estimate of drug-likeness (QED) is 0.360. The van der Waals surface area contributed by atoms with Crippen molar-refractivity contribution in [3.05, 3.63) is 52.8 Å². The number of hydrogen-bond donors (Lipinski definition) is 3. The molecule has 2 aliphatic rings. The fraction of sp³-hybridized carbons (Fsp3) is 0.500. The maximum Gasteiger partial charge on any atom is 0.227 e. The van der Waals surface area contributed by atoms with Crippen LogP contribution in [0.3, 0.4) is 0 Å². The Morgan fingerprint density at radius 2 is 1.81 bits per heavy atom. The minimum absolute atomic E-state index is 0.0157. The first-order valence-electron chi connectivity index (χ1n) is 13.2. The van der Waals surface area contributed by atoms with Crippen molar-refractivity contribution in [2.45, 2.75) is 64.0 Å². The molecule has 37 heavy (non-hydrogen) atoms. The minimum atomic E-state index is -0.288. The molecule has 196 valence electrons. The van der Waals surface area contributed by atoms with Crippen molar-refractivity contribution in [1.82, 2.24) is 20.3 Å². The molecule has 0 unspecified atom stereocenters. The van der Waals surface area contributed by atoms with Crippen LogP contribution in [0.25, 0.3) is 10.9 Å². The number of nitrogens with zero attached hydrogens (tertiary/aromatic N) is 3. The van der Waals surface area contributed by atoms with Gasteiger partial charge in [0, 0.05) is 35.9 Å². The highest BCUT2D eigenvalue weighted by molar-refractivity contribution is 6.35. The van der Waals surface area contributed by atoms with Crippen molar-refractivity contribution < 1.29 is 9.53 Å². The number of anilines is 2. The SMILES string of the molecule is Cc1ccc2ccc(NC3CCC(CCNc4ncc([C@@H](C)C(=O)NC5COC5)cn4)CC3)nc2c1Cl. The van der Waals surface area contributed by atoms with Crippen LogP contribution in [0.5, 0.6) is 0 Å². The lowest BCUT2D eigenvalue weighted by atomic mass is 9.84. The normalized spacial score (nSPS) is 20.7. The summed E-state index contributed by atoms with van der Waals surface area (Å²) in [5, 5.41) is 11.7. The van der Waals surface area contributed by atoms with Gasteiger partial charge in [0.2, 0.25) is 11.9 Å². The molecule has 0 bridgehead atoms. The molecule has 3 heterocycles. The Hall–Kier alpha value is -2.97. The van der Waals surface area contributed by atoms with Gasteiger partial charge < -0.3 is 20.7 Å². The molecule has 3 N–H and O–H groups in total. The van der Waals surface area contributed by atoms with E-state index in [1.165, 1.54) is 12.8 Å². The van der Waals surface area contributed by atoms with Gasteiger partial charge in [-0.05, 0) is 69.6 Å². The predicted octanol–water partition coefficient (Wildman–Crippen LogP) is 5.08. The number of pyridine rings is 1. The molecule has 1 aliphatic heterocycles. The molecule has 1 saturated carbocycles. The van der Waals surface area contributed by atoms with Crippen molar-refractivity contribution in [2.75, 3.05) is 30.4 Å². The van der Waals surface area contributed by atoms with Crippen LogP contribution in [0.4, 0.5) is 11.8 Å². The first-order valence-corrected chi connectivity index (χ1v) is 13.6. The number of nitrogens with one attached hydrogen (secondary N) is 3. The Morgan fingerprint density at radius 3 is 2.51 bits per heavy atom. The highest BCUT2D eigenvalue weighted by Crippen LogP contribution is 2.30. The van der Waals surface area contributed by atoms with Crippen LogP contribution in [0, 0.1) is 12.8 Å². The summed E-state index contributed by atoms with van der Waals surface area (Å²) in [6.45, 7) is 5.90. The topological polar surface area (TPSA) is 101 Å². The molecule has 9 heteroatoms. The Morgan fingerprint density at radius 1 is 1.08 bits per heavy atom. The molecular weight excluding hydrogens is 488 g/mol. The van der Waals surface area contributed by atoms with Crippen molar-refractivity contribution >= 4 is 40.2 Å². The number of amides is 1. The Balaban J connectivity index is 1.04. The second kappa shape index (κ2) is 11.6. The fourth-order valence-corrected chi connectivity index (χ4v) is 5.19. The number of fused-ring (bicyclic) bond motifs is 1. The summed E-state index contributed by atoms with van der Waals surface area (Å²) in [5.41, 5.74) is 2.72. The van der Waals surface area contributed by atoms with E-state index in [0.29, 0.717) is 31.1 Å². The number of aromatic nitrogens is 3. The Labute approximate surface area is 223 Å². The zero-order valence-electron chi connectivity index (χ0n) is 21.5. The van der Waals surface area contributed by atoms with E-state index in [-0.39, 0.29) is 17.9 Å². The van der Waals surface area contributed by atoms with E-state index in [1.54, 1.807) is 12.4 Å². The maximum atomic E-state index is 12.3.